The largest absolute Gasteiger partial charge is 0.635 e. The molecule has 0 atom stereocenters. The maximum absolute atomic E-state index is 9.61. The van der Waals surface area contributed by atoms with Gasteiger partial charge in [-0.05, 0) is 16.7 Å². The normalized spacial score (nSPS) is 11.4. The lowest BCUT2D eigenvalue weighted by Gasteiger charge is -2.36. The van der Waals surface area contributed by atoms with Crippen molar-refractivity contribution >= 4 is 7.32 Å². The van der Waals surface area contributed by atoms with Crippen molar-refractivity contribution in [3.8, 4) is 0 Å². The lowest BCUT2D eigenvalue weighted by molar-refractivity contribution is -0.870. The highest BCUT2D eigenvalue weighted by atomic mass is 16.6. The molecule has 3 aromatic rings. The molecule has 0 saturated carbocycles. The Bertz CT molecular complexity index is 756. The van der Waals surface area contributed by atoms with Gasteiger partial charge in [0.15, 0.2) is 0 Å². The number of quaternary nitrogens is 1. The van der Waals surface area contributed by atoms with Crippen molar-refractivity contribution in [2.75, 3.05) is 34.3 Å². The monoisotopic (exact) mass is 408 g/mol. The third-order valence-corrected chi connectivity index (χ3v) is 4.59. The molecule has 0 heterocycles. The first-order valence-electron chi connectivity index (χ1n) is 9.91. The first kappa shape index (κ1) is 23.8. The lowest BCUT2D eigenvalue weighted by atomic mass is 9.79. The summed E-state index contributed by atoms with van der Waals surface area (Å²) >= 11 is 0. The van der Waals surface area contributed by atoms with Gasteiger partial charge in [0, 0.05) is 0 Å². The second-order valence-electron chi connectivity index (χ2n) is 7.96. The highest BCUT2D eigenvalue weighted by molar-refractivity contribution is 6.33. The van der Waals surface area contributed by atoms with Crippen LogP contribution in [0, 0.1) is 0 Å². The molecule has 0 aliphatic carbocycles. The van der Waals surface area contributed by atoms with Crippen molar-refractivity contribution in [3.05, 3.63) is 108 Å². The molecule has 0 saturated heterocycles. The molecule has 0 aliphatic rings. The van der Waals surface area contributed by atoms with Crippen molar-refractivity contribution in [2.24, 2.45) is 0 Å². The van der Waals surface area contributed by atoms with Crippen LogP contribution in [0.1, 0.15) is 16.7 Å². The van der Waals surface area contributed by atoms with Gasteiger partial charge in [-0.2, -0.15) is 0 Å². The van der Waals surface area contributed by atoms with Crippen molar-refractivity contribution in [1.29, 1.82) is 0 Å². The SMILES string of the molecule is C[N+](C)(C)CCO.OB(O)OC(c1ccccc1)(c1ccccc1)c1ccccc1. The number of likely N-dealkylation sites (N-methyl/N-ethyl adjacent to an activating group) is 1. The standard InChI is InChI=1S/C19H17BO3.C5H14NO/c21-20(22)23-19(16-10-4-1-5-11-16,17-12-6-2-7-13-17)18-14-8-3-9-15-18;1-6(2,3)4-5-7/h1-15,21-22H;7H,4-5H2,1-3H3/q;+1. The van der Waals surface area contributed by atoms with Crippen molar-refractivity contribution in [2.45, 2.75) is 5.60 Å². The highest BCUT2D eigenvalue weighted by Crippen LogP contribution is 2.40. The van der Waals surface area contributed by atoms with Crippen molar-refractivity contribution < 1.29 is 24.3 Å². The minimum atomic E-state index is -1.91. The van der Waals surface area contributed by atoms with Crippen LogP contribution >= 0.6 is 0 Å². The Labute approximate surface area is 179 Å². The summed E-state index contributed by atoms with van der Waals surface area (Å²) in [5, 5.41) is 27.6. The molecule has 3 aromatic carbocycles. The minimum absolute atomic E-state index is 0.281. The van der Waals surface area contributed by atoms with Gasteiger partial charge < -0.3 is 24.3 Å². The number of hydrogen-bond acceptors (Lipinski definition) is 4. The zero-order chi connectivity index (χ0) is 22.0. The Morgan fingerprint density at radius 1 is 0.700 bits per heavy atom. The van der Waals surface area contributed by atoms with E-state index in [1.165, 1.54) is 0 Å². The molecule has 0 fully saturated rings. The van der Waals surface area contributed by atoms with E-state index in [1.807, 2.05) is 91.0 Å². The van der Waals surface area contributed by atoms with Crippen LogP contribution in [-0.2, 0) is 10.3 Å². The fourth-order valence-corrected chi connectivity index (χ4v) is 3.18. The molecule has 30 heavy (non-hydrogen) atoms. The molecule has 0 radical (unpaired) electrons. The lowest BCUT2D eigenvalue weighted by Crippen LogP contribution is -2.39. The molecule has 5 nitrogen and oxygen atoms in total. The van der Waals surface area contributed by atoms with E-state index >= 15 is 0 Å². The zero-order valence-electron chi connectivity index (χ0n) is 17.8. The maximum atomic E-state index is 9.61. The van der Waals surface area contributed by atoms with Gasteiger partial charge in [0.05, 0.1) is 27.7 Å². The second kappa shape index (κ2) is 11.1. The fourth-order valence-electron chi connectivity index (χ4n) is 3.18. The van der Waals surface area contributed by atoms with Crippen LogP contribution in [0.2, 0.25) is 0 Å². The van der Waals surface area contributed by atoms with E-state index in [0.29, 0.717) is 0 Å². The average Bonchev–Trinajstić information content (AvgIpc) is 2.73. The quantitative estimate of drug-likeness (QED) is 0.320. The molecular weight excluding hydrogens is 377 g/mol. The van der Waals surface area contributed by atoms with E-state index in [9.17, 15) is 10.0 Å². The first-order valence-corrected chi connectivity index (χ1v) is 9.91. The van der Waals surface area contributed by atoms with Crippen LogP contribution in [-0.4, -0.2) is 61.3 Å². The van der Waals surface area contributed by atoms with Gasteiger partial charge in [-0.25, -0.2) is 0 Å². The maximum Gasteiger partial charge on any atom is 0.635 e. The number of hydrogen-bond donors (Lipinski definition) is 3. The Morgan fingerprint density at radius 3 is 1.23 bits per heavy atom. The summed E-state index contributed by atoms with van der Waals surface area (Å²) in [4.78, 5) is 0. The predicted octanol–water partition coefficient (Wildman–Crippen LogP) is 2.65. The summed E-state index contributed by atoms with van der Waals surface area (Å²) < 4.78 is 6.55. The molecule has 0 aliphatic heterocycles. The summed E-state index contributed by atoms with van der Waals surface area (Å²) in [5.74, 6) is 0. The molecule has 3 N–H and O–H groups in total. The van der Waals surface area contributed by atoms with Crippen LogP contribution in [0.3, 0.4) is 0 Å². The molecule has 0 unspecified atom stereocenters. The van der Waals surface area contributed by atoms with E-state index in [0.717, 1.165) is 27.7 Å². The van der Waals surface area contributed by atoms with Crippen LogP contribution in [0.4, 0.5) is 0 Å². The van der Waals surface area contributed by atoms with Gasteiger partial charge in [0.1, 0.15) is 12.1 Å². The van der Waals surface area contributed by atoms with Crippen LogP contribution in [0.25, 0.3) is 0 Å². The van der Waals surface area contributed by atoms with Gasteiger partial charge in [0.25, 0.3) is 0 Å². The van der Waals surface area contributed by atoms with Crippen molar-refractivity contribution in [3.63, 3.8) is 0 Å². The smallest absolute Gasteiger partial charge is 0.402 e. The van der Waals surface area contributed by atoms with E-state index in [2.05, 4.69) is 21.1 Å². The molecular formula is C24H31BNO4+. The predicted molar refractivity (Wildman–Crippen MR) is 120 cm³/mol. The van der Waals surface area contributed by atoms with Gasteiger partial charge in [0.2, 0.25) is 0 Å². The number of aliphatic hydroxyl groups excluding tert-OH is 1. The number of rotatable bonds is 7. The summed E-state index contributed by atoms with van der Waals surface area (Å²) in [6.45, 7) is 1.11. The highest BCUT2D eigenvalue weighted by Gasteiger charge is 2.40. The fraction of sp³-hybridized carbons (Fsp3) is 0.250. The Morgan fingerprint density at radius 2 is 1.03 bits per heavy atom. The Balaban J connectivity index is 0.000000396. The average molecular weight is 408 g/mol. The van der Waals surface area contributed by atoms with Crippen LogP contribution < -0.4 is 0 Å². The molecule has 3 rings (SSSR count). The van der Waals surface area contributed by atoms with Gasteiger partial charge in [-0.15, -0.1) is 0 Å². The molecule has 158 valence electrons. The summed E-state index contributed by atoms with van der Waals surface area (Å²) in [6, 6.07) is 28.7. The zero-order valence-corrected chi connectivity index (χ0v) is 17.8. The second-order valence-corrected chi connectivity index (χ2v) is 7.96. The van der Waals surface area contributed by atoms with Gasteiger partial charge in [-0.1, -0.05) is 91.0 Å². The molecule has 0 aromatic heterocycles. The van der Waals surface area contributed by atoms with Crippen LogP contribution in [0.5, 0.6) is 0 Å². The van der Waals surface area contributed by atoms with E-state index in [-0.39, 0.29) is 6.61 Å². The molecule has 0 bridgehead atoms. The number of nitrogens with zero attached hydrogens (tertiary/aromatic N) is 1. The van der Waals surface area contributed by atoms with Gasteiger partial charge in [-0.3, -0.25) is 0 Å². The van der Waals surface area contributed by atoms with E-state index in [4.69, 9.17) is 9.76 Å². The summed E-state index contributed by atoms with van der Waals surface area (Å²) in [6.07, 6.45) is 0. The first-order chi connectivity index (χ1) is 14.3. The van der Waals surface area contributed by atoms with Crippen LogP contribution in [0.15, 0.2) is 91.0 Å². The van der Waals surface area contributed by atoms with Gasteiger partial charge >= 0.3 is 7.32 Å². The summed E-state index contributed by atoms with van der Waals surface area (Å²) in [5.41, 5.74) is 1.37. The van der Waals surface area contributed by atoms with E-state index in [1.54, 1.807) is 0 Å². The minimum Gasteiger partial charge on any atom is -0.402 e. The molecule has 0 spiro atoms. The molecule has 6 heteroatoms. The molecule has 0 amide bonds. The Kier molecular flexibility index (Phi) is 8.78. The summed E-state index contributed by atoms with van der Waals surface area (Å²) in [7, 11) is 4.25. The van der Waals surface area contributed by atoms with E-state index < -0.39 is 12.9 Å². The number of aliphatic hydroxyl groups is 1. The third kappa shape index (κ3) is 6.52. The third-order valence-electron chi connectivity index (χ3n) is 4.59. The number of benzene rings is 3. The Hall–Kier alpha value is -2.48. The van der Waals surface area contributed by atoms with Crippen molar-refractivity contribution in [1.82, 2.24) is 0 Å². The topological polar surface area (TPSA) is 69.9 Å².